The van der Waals surface area contributed by atoms with Crippen molar-refractivity contribution in [1.29, 1.82) is 0 Å². The molecule has 9 nitrogen and oxygen atoms in total. The van der Waals surface area contributed by atoms with Crippen LogP contribution in [0.5, 0.6) is 17.2 Å². The lowest BCUT2D eigenvalue weighted by Gasteiger charge is -2.18. The lowest BCUT2D eigenvalue weighted by molar-refractivity contribution is 0.0792. The number of anilines is 1. The average Bonchev–Trinajstić information content (AvgIpc) is 3.55. The van der Waals surface area contributed by atoms with Crippen molar-refractivity contribution in [3.8, 4) is 17.2 Å². The lowest BCUT2D eigenvalue weighted by atomic mass is 10.1. The molecule has 2 amide bonds. The van der Waals surface area contributed by atoms with Gasteiger partial charge in [0, 0.05) is 49.6 Å². The van der Waals surface area contributed by atoms with Gasteiger partial charge in [0.1, 0.15) is 17.6 Å². The third-order valence-electron chi connectivity index (χ3n) is 5.86. The van der Waals surface area contributed by atoms with E-state index in [9.17, 15) is 19.1 Å². The maximum absolute atomic E-state index is 14.9. The highest BCUT2D eigenvalue weighted by molar-refractivity contribution is 6.04. The van der Waals surface area contributed by atoms with Gasteiger partial charge in [0.2, 0.25) is 0 Å². The number of aliphatic hydroxyl groups is 1. The molecule has 1 aliphatic rings. The largest absolute Gasteiger partial charge is 0.488 e. The van der Waals surface area contributed by atoms with Crippen molar-refractivity contribution in [1.82, 2.24) is 14.7 Å². The number of nitrogens with zero attached hydrogens (tertiary/aromatic N) is 3. The molecule has 0 spiro atoms. The number of aromatic nitrogens is 2. The molecule has 1 atom stereocenters. The first-order valence-corrected chi connectivity index (χ1v) is 11.9. The minimum absolute atomic E-state index is 0.101. The van der Waals surface area contributed by atoms with E-state index in [4.69, 9.17) is 9.47 Å². The third-order valence-corrected chi connectivity index (χ3v) is 5.86. The van der Waals surface area contributed by atoms with Crippen molar-refractivity contribution in [2.24, 2.45) is 7.05 Å². The fourth-order valence-electron chi connectivity index (χ4n) is 3.89. The number of rotatable bonds is 9. The Morgan fingerprint density at radius 3 is 2.50 bits per heavy atom. The number of aryl methyl sites for hydroxylation is 1. The van der Waals surface area contributed by atoms with Crippen LogP contribution in [0.1, 0.15) is 46.9 Å². The monoisotopic (exact) mass is 496 g/mol. The van der Waals surface area contributed by atoms with Gasteiger partial charge in [-0.2, -0.15) is 5.10 Å². The fraction of sp³-hybridized carbons (Fsp3) is 0.346. The van der Waals surface area contributed by atoms with Crippen molar-refractivity contribution in [3.05, 3.63) is 65.6 Å². The Labute approximate surface area is 208 Å². The Balaban J connectivity index is 1.58. The summed E-state index contributed by atoms with van der Waals surface area (Å²) in [5.41, 5.74) is 0.449. The van der Waals surface area contributed by atoms with Gasteiger partial charge >= 0.3 is 0 Å². The lowest BCUT2D eigenvalue weighted by Crippen LogP contribution is -2.27. The van der Waals surface area contributed by atoms with Gasteiger partial charge in [0.15, 0.2) is 17.4 Å². The van der Waals surface area contributed by atoms with Gasteiger partial charge in [-0.15, -0.1) is 0 Å². The maximum atomic E-state index is 14.9. The van der Waals surface area contributed by atoms with Crippen LogP contribution < -0.4 is 14.8 Å². The normalized spacial score (nSPS) is 13.9. The van der Waals surface area contributed by atoms with E-state index >= 15 is 0 Å². The first-order chi connectivity index (χ1) is 17.4. The molecule has 10 heteroatoms. The highest BCUT2D eigenvalue weighted by Crippen LogP contribution is 2.31. The van der Waals surface area contributed by atoms with Gasteiger partial charge in [-0.25, -0.2) is 4.39 Å². The molecule has 3 aromatic rings. The van der Waals surface area contributed by atoms with Crippen LogP contribution in [0.15, 0.2) is 48.7 Å². The number of halogens is 1. The van der Waals surface area contributed by atoms with E-state index in [-0.39, 0.29) is 40.9 Å². The van der Waals surface area contributed by atoms with Crippen LogP contribution in [0.2, 0.25) is 0 Å². The first kappa shape index (κ1) is 25.2. The molecule has 1 fully saturated rings. The molecule has 0 unspecified atom stereocenters. The van der Waals surface area contributed by atoms with E-state index in [1.165, 1.54) is 30.3 Å². The van der Waals surface area contributed by atoms with Crippen LogP contribution in [0, 0.1) is 5.82 Å². The predicted molar refractivity (Wildman–Crippen MR) is 131 cm³/mol. The average molecular weight is 497 g/mol. The second-order valence-corrected chi connectivity index (χ2v) is 8.60. The molecule has 2 N–H and O–H groups in total. The number of likely N-dealkylation sites (tertiary alicyclic amines) is 1. The van der Waals surface area contributed by atoms with Crippen LogP contribution in [0.4, 0.5) is 10.2 Å². The van der Waals surface area contributed by atoms with Crippen LogP contribution in [0.3, 0.4) is 0 Å². The van der Waals surface area contributed by atoms with Crippen LogP contribution in [0.25, 0.3) is 0 Å². The van der Waals surface area contributed by atoms with E-state index in [0.29, 0.717) is 25.3 Å². The van der Waals surface area contributed by atoms with Gasteiger partial charge in [-0.1, -0.05) is 6.92 Å². The summed E-state index contributed by atoms with van der Waals surface area (Å²) in [5.74, 6) is -0.681. The molecule has 0 saturated carbocycles. The summed E-state index contributed by atoms with van der Waals surface area (Å²) in [5, 5.41) is 16.4. The van der Waals surface area contributed by atoms with Crippen molar-refractivity contribution in [2.45, 2.75) is 32.3 Å². The third kappa shape index (κ3) is 6.01. The summed E-state index contributed by atoms with van der Waals surface area (Å²) in [6.07, 6.45) is 3.63. The SMILES string of the molecule is CC[C@@H](CO)Oc1cc(Oc2ccc(C(=O)N3CCCC3)cc2F)cc(C(=O)Nc2ccn(C)n2)c1. The Bertz CT molecular complexity index is 1230. The zero-order valence-corrected chi connectivity index (χ0v) is 20.2. The Morgan fingerprint density at radius 2 is 1.86 bits per heavy atom. The second-order valence-electron chi connectivity index (χ2n) is 8.60. The molecule has 0 aliphatic carbocycles. The molecule has 1 aliphatic heterocycles. The summed E-state index contributed by atoms with van der Waals surface area (Å²) in [7, 11) is 1.73. The smallest absolute Gasteiger partial charge is 0.257 e. The summed E-state index contributed by atoms with van der Waals surface area (Å²) < 4.78 is 28.0. The number of carbonyl (C=O) groups is 2. The second kappa shape index (κ2) is 11.2. The predicted octanol–water partition coefficient (Wildman–Crippen LogP) is 3.99. The molecule has 190 valence electrons. The molecule has 4 rings (SSSR count). The highest BCUT2D eigenvalue weighted by atomic mass is 19.1. The van der Waals surface area contributed by atoms with Crippen molar-refractivity contribution >= 4 is 17.6 Å². The van der Waals surface area contributed by atoms with Gasteiger partial charge < -0.3 is 24.8 Å². The first-order valence-electron chi connectivity index (χ1n) is 11.9. The van der Waals surface area contributed by atoms with Gasteiger partial charge in [-0.3, -0.25) is 14.3 Å². The Morgan fingerprint density at radius 1 is 1.11 bits per heavy atom. The topological polar surface area (TPSA) is 106 Å². The quantitative estimate of drug-likeness (QED) is 0.464. The number of benzene rings is 2. The van der Waals surface area contributed by atoms with Crippen LogP contribution >= 0.6 is 0 Å². The molecular weight excluding hydrogens is 467 g/mol. The minimum atomic E-state index is -0.701. The fourth-order valence-corrected chi connectivity index (χ4v) is 3.89. The maximum Gasteiger partial charge on any atom is 0.257 e. The van der Waals surface area contributed by atoms with Gasteiger partial charge in [-0.05, 0) is 49.6 Å². The summed E-state index contributed by atoms with van der Waals surface area (Å²) in [6.45, 7) is 2.98. The summed E-state index contributed by atoms with van der Waals surface area (Å²) >= 11 is 0. The standard InChI is InChI=1S/C26H29FN4O5/c1-3-19(16-32)35-20-12-18(25(33)28-24-8-11-30(2)29-24)13-21(15-20)36-23-7-6-17(14-22(23)27)26(34)31-9-4-5-10-31/h6-8,11-15,19,32H,3-5,9-10,16H2,1-2H3,(H,28,29,33)/t19-/m0/s1. The van der Waals surface area contributed by atoms with E-state index in [1.54, 1.807) is 28.9 Å². The highest BCUT2D eigenvalue weighted by Gasteiger charge is 2.21. The minimum Gasteiger partial charge on any atom is -0.488 e. The van der Waals surface area contributed by atoms with Crippen molar-refractivity contribution in [3.63, 3.8) is 0 Å². The van der Waals surface area contributed by atoms with Crippen LogP contribution in [-0.4, -0.2) is 57.4 Å². The molecule has 1 saturated heterocycles. The van der Waals surface area contributed by atoms with Crippen LogP contribution in [-0.2, 0) is 7.05 Å². The molecule has 0 radical (unpaired) electrons. The van der Waals surface area contributed by atoms with E-state index in [0.717, 1.165) is 18.9 Å². The number of carbonyl (C=O) groups excluding carboxylic acids is 2. The number of amides is 2. The Hall–Kier alpha value is -3.92. The number of aliphatic hydroxyl groups excluding tert-OH is 1. The molecule has 1 aromatic heterocycles. The molecular formula is C26H29FN4O5. The number of nitrogens with one attached hydrogen (secondary N) is 1. The molecule has 2 heterocycles. The number of hydrogen-bond donors (Lipinski definition) is 2. The van der Waals surface area contributed by atoms with E-state index < -0.39 is 17.8 Å². The zero-order valence-electron chi connectivity index (χ0n) is 20.2. The van der Waals surface area contributed by atoms with E-state index in [2.05, 4.69) is 10.4 Å². The number of ether oxygens (including phenoxy) is 2. The van der Waals surface area contributed by atoms with E-state index in [1.807, 2.05) is 6.92 Å². The van der Waals surface area contributed by atoms with Gasteiger partial charge in [0.25, 0.3) is 11.8 Å². The van der Waals surface area contributed by atoms with Gasteiger partial charge in [0.05, 0.1) is 6.61 Å². The zero-order chi connectivity index (χ0) is 25.7. The summed E-state index contributed by atoms with van der Waals surface area (Å²) in [4.78, 5) is 27.2. The molecule has 2 aromatic carbocycles. The number of hydrogen-bond acceptors (Lipinski definition) is 6. The van der Waals surface area contributed by atoms with Crippen molar-refractivity contribution < 1.29 is 28.6 Å². The molecule has 36 heavy (non-hydrogen) atoms. The molecule has 0 bridgehead atoms. The van der Waals surface area contributed by atoms with Crippen molar-refractivity contribution in [2.75, 3.05) is 25.0 Å². The summed E-state index contributed by atoms with van der Waals surface area (Å²) in [6, 6.07) is 10.2. The Kier molecular flexibility index (Phi) is 7.84.